The fourth-order valence-electron chi connectivity index (χ4n) is 4.02. The van der Waals surface area contributed by atoms with E-state index in [2.05, 4.69) is 16.0 Å². The molecule has 0 fully saturated rings. The van der Waals surface area contributed by atoms with Crippen LogP contribution in [0.1, 0.15) is 44.2 Å². The maximum absolute atomic E-state index is 12.7. The molecule has 0 aliphatic rings. The Balaban J connectivity index is 1.90. The van der Waals surface area contributed by atoms with Crippen LogP contribution in [0.2, 0.25) is 0 Å². The maximum atomic E-state index is 12.7. The van der Waals surface area contributed by atoms with Crippen molar-refractivity contribution in [2.24, 2.45) is 11.7 Å². The van der Waals surface area contributed by atoms with Gasteiger partial charge in [-0.1, -0.05) is 44.2 Å². The molecule has 0 aliphatic carbocycles. The number of amides is 4. The number of hydrogen-bond acceptors (Lipinski definition) is 6. The van der Waals surface area contributed by atoms with E-state index in [1.54, 1.807) is 25.1 Å². The van der Waals surface area contributed by atoms with Gasteiger partial charge >= 0.3 is 6.03 Å². The fourth-order valence-corrected chi connectivity index (χ4v) is 4.02. The average molecular weight is 527 g/mol. The number of nitrogens with one attached hydrogen (secondary N) is 3. The summed E-state index contributed by atoms with van der Waals surface area (Å²) in [5.74, 6) is -0.802. The number of ketones is 1. The zero-order chi connectivity index (χ0) is 28.1. The number of benzene rings is 2. The normalized spacial score (nSPS) is 12.9. The first-order chi connectivity index (χ1) is 18.2. The average Bonchev–Trinajstić information content (AvgIpc) is 2.92. The molecule has 206 valence electrons. The summed E-state index contributed by atoms with van der Waals surface area (Å²) in [5.41, 5.74) is 7.10. The molecule has 4 amide bonds. The van der Waals surface area contributed by atoms with Crippen LogP contribution in [0, 0.1) is 5.92 Å². The summed E-state index contributed by atoms with van der Waals surface area (Å²) in [4.78, 5) is 49.4. The van der Waals surface area contributed by atoms with E-state index in [-0.39, 0.29) is 37.3 Å². The van der Waals surface area contributed by atoms with Gasteiger partial charge in [-0.15, -0.1) is 0 Å². The number of methoxy groups -OCH3 is 2. The molecule has 2 rings (SSSR count). The van der Waals surface area contributed by atoms with Crippen molar-refractivity contribution >= 4 is 23.6 Å². The summed E-state index contributed by atoms with van der Waals surface area (Å²) >= 11 is 0. The number of ether oxygens (including phenoxy) is 2. The predicted octanol–water partition coefficient (Wildman–Crippen LogP) is 2.48. The third kappa shape index (κ3) is 9.76. The van der Waals surface area contributed by atoms with Gasteiger partial charge in [-0.05, 0) is 48.4 Å². The summed E-state index contributed by atoms with van der Waals surface area (Å²) < 4.78 is 10.4. The van der Waals surface area contributed by atoms with E-state index in [9.17, 15) is 19.2 Å². The Hall–Kier alpha value is -4.08. The second-order valence-electron chi connectivity index (χ2n) is 9.12. The summed E-state index contributed by atoms with van der Waals surface area (Å²) in [7, 11) is 3.04. The third-order valence-corrected chi connectivity index (χ3v) is 6.29. The quantitative estimate of drug-likeness (QED) is 0.262. The van der Waals surface area contributed by atoms with Crippen LogP contribution in [0.15, 0.2) is 48.5 Å². The standard InChI is InChI=1S/C28H38N4O6/c1-5-23(26(34)27(35)30-17-20-13-21(37-3)16-22(14-20)38-4)31-25(33)12-11-18(2)24(32-28(29)36)15-19-9-7-6-8-10-19/h6-10,13-14,16,18,23-24H,5,11-12,15,17H2,1-4H3,(H,30,35)(H,31,33)(H3,29,32,36). The third-order valence-electron chi connectivity index (χ3n) is 6.29. The number of hydrogen-bond donors (Lipinski definition) is 4. The van der Waals surface area contributed by atoms with Crippen LogP contribution in [-0.4, -0.2) is 49.9 Å². The van der Waals surface area contributed by atoms with Crippen LogP contribution in [-0.2, 0) is 27.3 Å². The van der Waals surface area contributed by atoms with Gasteiger partial charge in [-0.25, -0.2) is 4.79 Å². The predicted molar refractivity (Wildman–Crippen MR) is 144 cm³/mol. The molecular formula is C28H38N4O6. The largest absolute Gasteiger partial charge is 0.497 e. The SMILES string of the molecule is CCC(NC(=O)CCC(C)C(Cc1ccccc1)NC(N)=O)C(=O)C(=O)NCc1cc(OC)cc(OC)c1. The zero-order valence-corrected chi connectivity index (χ0v) is 22.4. The molecule has 0 aliphatic heterocycles. The molecule has 3 atom stereocenters. The number of nitrogens with two attached hydrogens (primary N) is 1. The molecule has 10 heteroatoms. The molecule has 0 aromatic heterocycles. The molecule has 10 nitrogen and oxygen atoms in total. The fraction of sp³-hybridized carbons (Fsp3) is 0.429. The van der Waals surface area contributed by atoms with Crippen LogP contribution < -0.4 is 31.2 Å². The Labute approximate surface area is 223 Å². The lowest BCUT2D eigenvalue weighted by Crippen LogP contribution is -2.47. The van der Waals surface area contributed by atoms with Crippen LogP contribution in [0.5, 0.6) is 11.5 Å². The minimum Gasteiger partial charge on any atom is -0.497 e. The molecule has 0 saturated heterocycles. The van der Waals surface area contributed by atoms with Gasteiger partial charge in [0.15, 0.2) is 0 Å². The molecule has 0 heterocycles. The van der Waals surface area contributed by atoms with Crippen molar-refractivity contribution in [3.63, 3.8) is 0 Å². The van der Waals surface area contributed by atoms with Crippen molar-refractivity contribution in [3.05, 3.63) is 59.7 Å². The maximum Gasteiger partial charge on any atom is 0.312 e. The van der Waals surface area contributed by atoms with E-state index in [1.807, 2.05) is 37.3 Å². The highest BCUT2D eigenvalue weighted by Gasteiger charge is 2.26. The molecular weight excluding hydrogens is 488 g/mol. The van der Waals surface area contributed by atoms with E-state index >= 15 is 0 Å². The topological polar surface area (TPSA) is 149 Å². The smallest absolute Gasteiger partial charge is 0.312 e. The molecule has 38 heavy (non-hydrogen) atoms. The van der Waals surface area contributed by atoms with Gasteiger partial charge in [0.25, 0.3) is 5.91 Å². The number of Topliss-reactive ketones (excluding diaryl/α,β-unsaturated/α-hetero) is 1. The van der Waals surface area contributed by atoms with E-state index in [1.165, 1.54) is 14.2 Å². The molecule has 0 spiro atoms. The molecule has 2 aromatic carbocycles. The Kier molecular flexibility index (Phi) is 12.1. The summed E-state index contributed by atoms with van der Waals surface area (Å²) in [6.45, 7) is 3.74. The molecule has 0 radical (unpaired) electrons. The Morgan fingerprint density at radius 3 is 2.11 bits per heavy atom. The minimum absolute atomic E-state index is 0.0626. The number of carbonyl (C=O) groups excluding carboxylic acids is 4. The Morgan fingerprint density at radius 2 is 1.55 bits per heavy atom. The van der Waals surface area contributed by atoms with Crippen molar-refractivity contribution in [1.82, 2.24) is 16.0 Å². The summed E-state index contributed by atoms with van der Waals surface area (Å²) in [5, 5.41) is 8.02. The number of carbonyl (C=O) groups is 4. The van der Waals surface area contributed by atoms with E-state index in [4.69, 9.17) is 15.2 Å². The van der Waals surface area contributed by atoms with Gasteiger partial charge in [0.2, 0.25) is 11.7 Å². The molecule has 0 saturated carbocycles. The lowest BCUT2D eigenvalue weighted by Gasteiger charge is -2.25. The lowest BCUT2D eigenvalue weighted by molar-refractivity contribution is -0.140. The van der Waals surface area contributed by atoms with Crippen LogP contribution in [0.3, 0.4) is 0 Å². The zero-order valence-electron chi connectivity index (χ0n) is 22.4. The first-order valence-electron chi connectivity index (χ1n) is 12.6. The van der Waals surface area contributed by atoms with E-state index in [0.717, 1.165) is 5.56 Å². The minimum atomic E-state index is -0.943. The van der Waals surface area contributed by atoms with Crippen molar-refractivity contribution in [2.75, 3.05) is 14.2 Å². The first-order valence-corrected chi connectivity index (χ1v) is 12.6. The van der Waals surface area contributed by atoms with Crippen LogP contribution in [0.4, 0.5) is 4.79 Å². The molecule has 3 unspecified atom stereocenters. The second-order valence-corrected chi connectivity index (χ2v) is 9.12. The summed E-state index contributed by atoms with van der Waals surface area (Å²) in [6.07, 6.45) is 1.42. The van der Waals surface area contributed by atoms with Crippen LogP contribution in [0.25, 0.3) is 0 Å². The van der Waals surface area contributed by atoms with Crippen molar-refractivity contribution < 1.29 is 28.7 Å². The number of primary amides is 1. The summed E-state index contributed by atoms with van der Waals surface area (Å²) in [6, 6.07) is 13.0. The molecule has 2 aromatic rings. The second kappa shape index (κ2) is 15.2. The highest BCUT2D eigenvalue weighted by molar-refractivity contribution is 6.38. The van der Waals surface area contributed by atoms with Gasteiger partial charge in [0.1, 0.15) is 11.5 Å². The highest BCUT2D eigenvalue weighted by atomic mass is 16.5. The first kappa shape index (κ1) is 30.1. The van der Waals surface area contributed by atoms with Crippen LogP contribution >= 0.6 is 0 Å². The van der Waals surface area contributed by atoms with Gasteiger partial charge in [-0.3, -0.25) is 14.4 Å². The van der Waals surface area contributed by atoms with Gasteiger partial charge < -0.3 is 31.2 Å². The number of urea groups is 1. The van der Waals surface area contributed by atoms with Gasteiger partial charge in [-0.2, -0.15) is 0 Å². The van der Waals surface area contributed by atoms with E-state index < -0.39 is 23.8 Å². The van der Waals surface area contributed by atoms with Crippen molar-refractivity contribution in [2.45, 2.75) is 58.2 Å². The van der Waals surface area contributed by atoms with Crippen molar-refractivity contribution in [1.29, 1.82) is 0 Å². The van der Waals surface area contributed by atoms with Gasteiger partial charge in [0, 0.05) is 25.1 Å². The highest BCUT2D eigenvalue weighted by Crippen LogP contribution is 2.22. The Bertz CT molecular complexity index is 1070. The molecule has 5 N–H and O–H groups in total. The monoisotopic (exact) mass is 526 g/mol. The molecule has 0 bridgehead atoms. The Morgan fingerprint density at radius 1 is 0.921 bits per heavy atom. The lowest BCUT2D eigenvalue weighted by atomic mass is 9.91. The van der Waals surface area contributed by atoms with Gasteiger partial charge in [0.05, 0.1) is 20.3 Å². The van der Waals surface area contributed by atoms with E-state index in [0.29, 0.717) is 29.9 Å². The van der Waals surface area contributed by atoms with Crippen molar-refractivity contribution in [3.8, 4) is 11.5 Å². The number of rotatable bonds is 15.